The van der Waals surface area contributed by atoms with Gasteiger partial charge in [-0.25, -0.2) is 9.48 Å². The van der Waals surface area contributed by atoms with Crippen molar-refractivity contribution in [2.75, 3.05) is 32.2 Å². The standard InChI is InChI=1S/C21H22BrN5O5/c1-3-30-17-9-13(8-16(22)20(17)32-12-18(29)31-4-2)7-14(10-23)19-15(11-24)21(25)27(26-19)5-6-28/h7-9,28H,3-6,12,25H2,1-2H3/b14-7-. The maximum atomic E-state index is 11.6. The average molecular weight is 504 g/mol. The van der Waals surface area contributed by atoms with Crippen molar-refractivity contribution in [1.82, 2.24) is 9.78 Å². The van der Waals surface area contributed by atoms with E-state index in [1.54, 1.807) is 26.0 Å². The van der Waals surface area contributed by atoms with Gasteiger partial charge in [0.25, 0.3) is 0 Å². The van der Waals surface area contributed by atoms with E-state index in [1.165, 1.54) is 10.8 Å². The van der Waals surface area contributed by atoms with Gasteiger partial charge in [0.1, 0.15) is 29.2 Å². The molecular formula is C21H22BrN5O5. The Morgan fingerprint density at radius 1 is 1.31 bits per heavy atom. The molecule has 1 aromatic heterocycles. The Bertz CT molecular complexity index is 1100. The van der Waals surface area contributed by atoms with Crippen molar-refractivity contribution in [2.45, 2.75) is 20.4 Å². The summed E-state index contributed by atoms with van der Waals surface area (Å²) in [5.41, 5.74) is 6.73. The number of benzene rings is 1. The first-order valence-electron chi connectivity index (χ1n) is 9.64. The number of allylic oxidation sites excluding steroid dienone is 1. The highest BCUT2D eigenvalue weighted by molar-refractivity contribution is 9.10. The minimum atomic E-state index is -0.516. The fourth-order valence-corrected chi connectivity index (χ4v) is 3.34. The van der Waals surface area contributed by atoms with Crippen LogP contribution in [0.25, 0.3) is 11.6 Å². The van der Waals surface area contributed by atoms with Crippen LogP contribution in [-0.4, -0.2) is 47.3 Å². The van der Waals surface area contributed by atoms with Crippen molar-refractivity contribution in [1.29, 1.82) is 10.5 Å². The van der Waals surface area contributed by atoms with Gasteiger partial charge in [-0.1, -0.05) is 0 Å². The maximum absolute atomic E-state index is 11.6. The van der Waals surface area contributed by atoms with Gasteiger partial charge in [-0.15, -0.1) is 0 Å². The summed E-state index contributed by atoms with van der Waals surface area (Å²) in [5.74, 6) is 0.208. The second-order valence-corrected chi connectivity index (χ2v) is 7.05. The molecule has 0 unspecified atom stereocenters. The smallest absolute Gasteiger partial charge is 0.344 e. The number of aliphatic hydroxyl groups excluding tert-OH is 1. The van der Waals surface area contributed by atoms with Crippen LogP contribution in [0.15, 0.2) is 16.6 Å². The van der Waals surface area contributed by atoms with Gasteiger partial charge in [0, 0.05) is 0 Å². The first-order chi connectivity index (χ1) is 15.4. The SMILES string of the molecule is CCOC(=O)COc1c(Br)cc(/C=C(/C#N)c2nn(CCO)c(N)c2C#N)cc1OCC. The number of carbonyl (C=O) groups is 1. The number of ether oxygens (including phenoxy) is 3. The zero-order valence-electron chi connectivity index (χ0n) is 17.6. The normalized spacial score (nSPS) is 10.9. The zero-order chi connectivity index (χ0) is 23.7. The van der Waals surface area contributed by atoms with Crippen molar-refractivity contribution in [3.05, 3.63) is 33.4 Å². The predicted octanol–water partition coefficient (Wildman–Crippen LogP) is 2.50. The number of rotatable bonds is 10. The second-order valence-electron chi connectivity index (χ2n) is 6.19. The molecular weight excluding hydrogens is 482 g/mol. The third-order valence-corrected chi connectivity index (χ3v) is 4.66. The molecule has 0 aliphatic heterocycles. The lowest BCUT2D eigenvalue weighted by atomic mass is 10.1. The topological polar surface area (TPSA) is 156 Å². The summed E-state index contributed by atoms with van der Waals surface area (Å²) in [6.45, 7) is 3.64. The highest BCUT2D eigenvalue weighted by Gasteiger charge is 2.20. The number of nitrogens with two attached hydrogens (primary N) is 1. The fraction of sp³-hybridized carbons (Fsp3) is 0.333. The molecule has 0 amide bonds. The van der Waals surface area contributed by atoms with Crippen LogP contribution in [0.5, 0.6) is 11.5 Å². The van der Waals surface area contributed by atoms with E-state index in [0.717, 1.165) is 0 Å². The molecule has 168 valence electrons. The molecule has 0 radical (unpaired) electrons. The number of hydrogen-bond acceptors (Lipinski definition) is 9. The van der Waals surface area contributed by atoms with Crippen molar-refractivity contribution in [3.8, 4) is 23.6 Å². The molecule has 2 rings (SSSR count). The first kappa shape index (κ1) is 24.7. The monoisotopic (exact) mass is 503 g/mol. The minimum absolute atomic E-state index is 0.0461. The molecule has 0 aliphatic carbocycles. The second kappa shape index (κ2) is 11.7. The quantitative estimate of drug-likeness (QED) is 0.367. The lowest BCUT2D eigenvalue weighted by Crippen LogP contribution is -2.15. The highest BCUT2D eigenvalue weighted by atomic mass is 79.9. The van der Waals surface area contributed by atoms with E-state index in [0.29, 0.717) is 28.1 Å². The molecule has 32 heavy (non-hydrogen) atoms. The summed E-state index contributed by atoms with van der Waals surface area (Å²) in [6, 6.07) is 7.28. The van der Waals surface area contributed by atoms with Gasteiger partial charge >= 0.3 is 5.97 Å². The third kappa shape index (κ3) is 5.78. The number of nitrogens with zero attached hydrogens (tertiary/aromatic N) is 4. The number of carbonyl (C=O) groups excluding carboxylic acids is 1. The summed E-state index contributed by atoms with van der Waals surface area (Å²) in [7, 11) is 0. The van der Waals surface area contributed by atoms with E-state index in [1.807, 2.05) is 12.1 Å². The van der Waals surface area contributed by atoms with Gasteiger partial charge in [-0.2, -0.15) is 15.6 Å². The van der Waals surface area contributed by atoms with Gasteiger partial charge in [0.05, 0.1) is 36.4 Å². The van der Waals surface area contributed by atoms with Gasteiger partial charge in [-0.3, -0.25) is 0 Å². The number of anilines is 1. The molecule has 0 fully saturated rings. The first-order valence-corrected chi connectivity index (χ1v) is 10.4. The molecule has 0 bridgehead atoms. The predicted molar refractivity (Wildman–Crippen MR) is 119 cm³/mol. The summed E-state index contributed by atoms with van der Waals surface area (Å²) >= 11 is 3.40. The number of nitriles is 2. The lowest BCUT2D eigenvalue weighted by Gasteiger charge is -2.14. The molecule has 10 nitrogen and oxygen atoms in total. The largest absolute Gasteiger partial charge is 0.490 e. The highest BCUT2D eigenvalue weighted by Crippen LogP contribution is 2.38. The van der Waals surface area contributed by atoms with Crippen LogP contribution in [0, 0.1) is 22.7 Å². The Morgan fingerprint density at radius 3 is 2.66 bits per heavy atom. The van der Waals surface area contributed by atoms with Crippen LogP contribution >= 0.6 is 15.9 Å². The molecule has 11 heteroatoms. The van der Waals surface area contributed by atoms with E-state index >= 15 is 0 Å². The molecule has 0 atom stereocenters. The van der Waals surface area contributed by atoms with Gasteiger partial charge in [-0.05, 0) is 53.5 Å². The Morgan fingerprint density at radius 2 is 2.06 bits per heavy atom. The van der Waals surface area contributed by atoms with Crippen LogP contribution in [0.1, 0.15) is 30.7 Å². The minimum Gasteiger partial charge on any atom is -0.490 e. The number of nitrogen functional groups attached to an aromatic ring is 1. The Labute approximate surface area is 193 Å². The molecule has 1 heterocycles. The molecule has 2 aromatic rings. The molecule has 1 aromatic carbocycles. The molecule has 0 saturated carbocycles. The van der Waals surface area contributed by atoms with Crippen LogP contribution < -0.4 is 15.2 Å². The van der Waals surface area contributed by atoms with Crippen LogP contribution in [0.3, 0.4) is 0 Å². The average Bonchev–Trinajstić information content (AvgIpc) is 3.07. The van der Waals surface area contributed by atoms with Crippen LogP contribution in [-0.2, 0) is 16.1 Å². The van der Waals surface area contributed by atoms with Gasteiger partial charge in [0.15, 0.2) is 18.1 Å². The maximum Gasteiger partial charge on any atom is 0.344 e. The number of esters is 1. The van der Waals surface area contributed by atoms with E-state index in [9.17, 15) is 15.3 Å². The van der Waals surface area contributed by atoms with Gasteiger partial charge in [0.2, 0.25) is 0 Å². The molecule has 0 spiro atoms. The Balaban J connectivity index is 2.48. The van der Waals surface area contributed by atoms with Crippen molar-refractivity contribution in [3.63, 3.8) is 0 Å². The van der Waals surface area contributed by atoms with Gasteiger partial charge < -0.3 is 25.1 Å². The van der Waals surface area contributed by atoms with E-state index in [-0.39, 0.29) is 49.0 Å². The van der Waals surface area contributed by atoms with Crippen molar-refractivity contribution >= 4 is 39.4 Å². The molecule has 0 aliphatic rings. The van der Waals surface area contributed by atoms with E-state index in [2.05, 4.69) is 21.0 Å². The van der Waals surface area contributed by atoms with Crippen LogP contribution in [0.4, 0.5) is 5.82 Å². The number of aromatic nitrogens is 2. The summed E-state index contributed by atoms with van der Waals surface area (Å²) in [6.07, 6.45) is 1.52. The Kier molecular flexibility index (Phi) is 9.08. The third-order valence-electron chi connectivity index (χ3n) is 4.07. The summed E-state index contributed by atoms with van der Waals surface area (Å²) in [4.78, 5) is 11.6. The zero-order valence-corrected chi connectivity index (χ0v) is 19.2. The fourth-order valence-electron chi connectivity index (χ4n) is 2.77. The van der Waals surface area contributed by atoms with Crippen LogP contribution in [0.2, 0.25) is 0 Å². The summed E-state index contributed by atoms with van der Waals surface area (Å²) < 4.78 is 17.8. The number of aliphatic hydroxyl groups is 1. The van der Waals surface area contributed by atoms with E-state index < -0.39 is 5.97 Å². The summed E-state index contributed by atoms with van der Waals surface area (Å²) in [5, 5.41) is 32.5. The molecule has 0 saturated heterocycles. The Hall–Kier alpha value is -3.54. The number of halogens is 1. The van der Waals surface area contributed by atoms with Crippen molar-refractivity contribution < 1.29 is 24.1 Å². The lowest BCUT2D eigenvalue weighted by molar-refractivity contribution is -0.145. The van der Waals surface area contributed by atoms with Crippen molar-refractivity contribution in [2.24, 2.45) is 0 Å². The number of hydrogen-bond donors (Lipinski definition) is 2. The van der Waals surface area contributed by atoms with E-state index in [4.69, 9.17) is 25.1 Å². The molecule has 3 N–H and O–H groups in total.